The molecule has 0 heterocycles. The van der Waals surface area contributed by atoms with Crippen molar-refractivity contribution in [1.82, 2.24) is 0 Å². The van der Waals surface area contributed by atoms with Crippen molar-refractivity contribution in [3.05, 3.63) is 92.4 Å². The van der Waals surface area contributed by atoms with Gasteiger partial charge < -0.3 is 4.74 Å². The summed E-state index contributed by atoms with van der Waals surface area (Å²) < 4.78 is 5.93. The second kappa shape index (κ2) is 8.59. The fourth-order valence-corrected chi connectivity index (χ4v) is 2.96. The van der Waals surface area contributed by atoms with E-state index in [9.17, 15) is 0 Å². The number of aryl methyl sites for hydroxylation is 1. The summed E-state index contributed by atoms with van der Waals surface area (Å²) in [5.41, 5.74) is 3.70. The fraction of sp³-hybridized carbons (Fsp3) is 0.0952. The van der Waals surface area contributed by atoms with Crippen LogP contribution in [0.3, 0.4) is 0 Å². The Labute approximate surface area is 168 Å². The summed E-state index contributed by atoms with van der Waals surface area (Å²) in [6.45, 7) is 2.36. The quantitative estimate of drug-likeness (QED) is 0.409. The van der Waals surface area contributed by atoms with Gasteiger partial charge in [-0.3, -0.25) is 4.99 Å². The molecule has 3 aromatic rings. The van der Waals surface area contributed by atoms with Crippen LogP contribution in [-0.4, -0.2) is 6.21 Å². The summed E-state index contributed by atoms with van der Waals surface area (Å²) in [5.74, 6) is 0.677. The highest BCUT2D eigenvalue weighted by atomic mass is 35.5. The normalized spacial score (nSPS) is 11.1. The Morgan fingerprint density at radius 2 is 1.58 bits per heavy atom. The predicted octanol–water partition coefficient (Wildman–Crippen LogP) is 7.28. The zero-order valence-corrected chi connectivity index (χ0v) is 16.3. The maximum absolute atomic E-state index is 6.20. The van der Waals surface area contributed by atoms with Gasteiger partial charge in [0.25, 0.3) is 0 Å². The molecule has 0 aromatic heterocycles. The summed E-state index contributed by atoms with van der Waals surface area (Å²) in [4.78, 5) is 4.50. The minimum absolute atomic E-state index is 0.322. The van der Waals surface area contributed by atoms with Crippen LogP contribution in [0.5, 0.6) is 5.75 Å². The first-order valence-electron chi connectivity index (χ1n) is 7.98. The average Bonchev–Trinajstić information content (AvgIpc) is 2.62. The van der Waals surface area contributed by atoms with Crippen molar-refractivity contribution in [2.24, 2.45) is 4.99 Å². The molecule has 0 spiro atoms. The second-order valence-corrected chi connectivity index (χ2v) is 7.08. The minimum Gasteiger partial charge on any atom is -0.488 e. The van der Waals surface area contributed by atoms with Gasteiger partial charge >= 0.3 is 0 Å². The standard InChI is InChI=1S/C21H16Cl3NO/c1-14-2-7-19(8-3-14)25-12-16-10-17(22)6-9-21(16)26-13-15-4-5-18(23)11-20(15)24/h2-12H,13H2,1H3. The van der Waals surface area contributed by atoms with Crippen LogP contribution in [0, 0.1) is 6.92 Å². The Kier molecular flexibility index (Phi) is 6.20. The number of nitrogens with zero attached hydrogens (tertiary/aromatic N) is 1. The molecule has 0 amide bonds. The molecule has 132 valence electrons. The van der Waals surface area contributed by atoms with Crippen molar-refractivity contribution < 1.29 is 4.74 Å². The lowest BCUT2D eigenvalue weighted by atomic mass is 10.2. The van der Waals surface area contributed by atoms with Crippen molar-refractivity contribution in [3.8, 4) is 5.75 Å². The molecule has 0 fully saturated rings. The maximum atomic E-state index is 6.20. The molecular formula is C21H16Cl3NO. The van der Waals surface area contributed by atoms with Gasteiger partial charge in [-0.2, -0.15) is 0 Å². The molecule has 0 unspecified atom stereocenters. The van der Waals surface area contributed by atoms with Crippen LogP contribution in [0.4, 0.5) is 5.69 Å². The van der Waals surface area contributed by atoms with Gasteiger partial charge in [0.15, 0.2) is 0 Å². The summed E-state index contributed by atoms with van der Waals surface area (Å²) in [6.07, 6.45) is 1.75. The first-order chi connectivity index (χ1) is 12.5. The molecule has 0 aliphatic carbocycles. The van der Waals surface area contributed by atoms with Gasteiger partial charge in [-0.1, -0.05) is 58.6 Å². The number of halogens is 3. The number of aliphatic imine (C=N–C) groups is 1. The van der Waals surface area contributed by atoms with Crippen molar-refractivity contribution in [2.75, 3.05) is 0 Å². The first-order valence-corrected chi connectivity index (χ1v) is 9.12. The van der Waals surface area contributed by atoms with E-state index in [2.05, 4.69) is 4.99 Å². The highest BCUT2D eigenvalue weighted by Crippen LogP contribution is 2.26. The van der Waals surface area contributed by atoms with Gasteiger partial charge in [-0.25, -0.2) is 0 Å². The van der Waals surface area contributed by atoms with Crippen LogP contribution < -0.4 is 4.74 Å². The molecule has 5 heteroatoms. The van der Waals surface area contributed by atoms with E-state index in [1.54, 1.807) is 24.4 Å². The molecular weight excluding hydrogens is 389 g/mol. The lowest BCUT2D eigenvalue weighted by Gasteiger charge is -2.11. The monoisotopic (exact) mass is 403 g/mol. The van der Waals surface area contributed by atoms with Crippen LogP contribution in [0.1, 0.15) is 16.7 Å². The van der Waals surface area contributed by atoms with Gasteiger partial charge in [0, 0.05) is 32.4 Å². The smallest absolute Gasteiger partial charge is 0.128 e. The summed E-state index contributed by atoms with van der Waals surface area (Å²) >= 11 is 18.3. The maximum Gasteiger partial charge on any atom is 0.128 e. The van der Waals surface area contributed by atoms with Gasteiger partial charge in [0.05, 0.1) is 5.69 Å². The number of ether oxygens (including phenoxy) is 1. The highest BCUT2D eigenvalue weighted by molar-refractivity contribution is 6.35. The van der Waals surface area contributed by atoms with E-state index in [1.807, 2.05) is 49.4 Å². The van der Waals surface area contributed by atoms with E-state index in [1.165, 1.54) is 5.56 Å². The largest absolute Gasteiger partial charge is 0.488 e. The Bertz CT molecular complexity index is 936. The van der Waals surface area contributed by atoms with E-state index in [0.717, 1.165) is 16.8 Å². The van der Waals surface area contributed by atoms with Crippen molar-refractivity contribution >= 4 is 46.7 Å². The summed E-state index contributed by atoms with van der Waals surface area (Å²) in [7, 11) is 0. The van der Waals surface area contributed by atoms with Crippen LogP contribution in [0.15, 0.2) is 65.7 Å². The minimum atomic E-state index is 0.322. The van der Waals surface area contributed by atoms with Crippen LogP contribution in [0.25, 0.3) is 0 Å². The van der Waals surface area contributed by atoms with Crippen molar-refractivity contribution in [1.29, 1.82) is 0 Å². The van der Waals surface area contributed by atoms with Gasteiger partial charge in [-0.15, -0.1) is 0 Å². The number of rotatable bonds is 5. The number of hydrogen-bond acceptors (Lipinski definition) is 2. The molecule has 0 atom stereocenters. The first kappa shape index (κ1) is 18.8. The van der Waals surface area contributed by atoms with Crippen molar-refractivity contribution in [3.63, 3.8) is 0 Å². The third-order valence-electron chi connectivity index (χ3n) is 3.76. The van der Waals surface area contributed by atoms with E-state index in [0.29, 0.717) is 27.4 Å². The molecule has 0 radical (unpaired) electrons. The van der Waals surface area contributed by atoms with Crippen molar-refractivity contribution in [2.45, 2.75) is 13.5 Å². The summed E-state index contributed by atoms with van der Waals surface area (Å²) in [6, 6.07) is 18.7. The Morgan fingerprint density at radius 3 is 2.31 bits per heavy atom. The average molecular weight is 405 g/mol. The molecule has 0 N–H and O–H groups in total. The van der Waals surface area contributed by atoms with Crippen LogP contribution >= 0.6 is 34.8 Å². The molecule has 26 heavy (non-hydrogen) atoms. The second-order valence-electron chi connectivity index (χ2n) is 5.80. The van der Waals surface area contributed by atoms with Crippen LogP contribution in [-0.2, 0) is 6.61 Å². The molecule has 0 aliphatic heterocycles. The molecule has 3 aromatic carbocycles. The number of benzene rings is 3. The van der Waals surface area contributed by atoms with E-state index < -0.39 is 0 Å². The lowest BCUT2D eigenvalue weighted by Crippen LogP contribution is -1.99. The fourth-order valence-electron chi connectivity index (χ4n) is 2.32. The molecule has 0 saturated carbocycles. The SMILES string of the molecule is Cc1ccc(N=Cc2cc(Cl)ccc2OCc2ccc(Cl)cc2Cl)cc1. The van der Waals surface area contributed by atoms with Gasteiger partial charge in [0.2, 0.25) is 0 Å². The molecule has 0 bridgehead atoms. The summed E-state index contributed by atoms with van der Waals surface area (Å²) in [5, 5.41) is 1.78. The Balaban J connectivity index is 1.80. The third-order valence-corrected chi connectivity index (χ3v) is 4.58. The highest BCUT2D eigenvalue weighted by Gasteiger charge is 2.06. The molecule has 0 aliphatic rings. The van der Waals surface area contributed by atoms with Gasteiger partial charge in [0.1, 0.15) is 12.4 Å². The third kappa shape index (κ3) is 5.01. The Morgan fingerprint density at radius 1 is 0.885 bits per heavy atom. The number of hydrogen-bond donors (Lipinski definition) is 0. The Hall–Kier alpha value is -2.00. The molecule has 2 nitrogen and oxygen atoms in total. The topological polar surface area (TPSA) is 21.6 Å². The van der Waals surface area contributed by atoms with Crippen LogP contribution in [0.2, 0.25) is 15.1 Å². The zero-order chi connectivity index (χ0) is 18.5. The lowest BCUT2D eigenvalue weighted by molar-refractivity contribution is 0.306. The van der Waals surface area contributed by atoms with E-state index in [4.69, 9.17) is 39.5 Å². The zero-order valence-electron chi connectivity index (χ0n) is 14.0. The molecule has 0 saturated heterocycles. The van der Waals surface area contributed by atoms with E-state index in [-0.39, 0.29) is 0 Å². The molecule has 3 rings (SSSR count). The van der Waals surface area contributed by atoms with Gasteiger partial charge in [-0.05, 0) is 49.4 Å². The predicted molar refractivity (Wildman–Crippen MR) is 111 cm³/mol. The van der Waals surface area contributed by atoms with E-state index >= 15 is 0 Å².